The molecule has 2 bridgehead atoms. The van der Waals surface area contributed by atoms with E-state index in [1.54, 1.807) is 13.8 Å². The third kappa shape index (κ3) is 3.21. The van der Waals surface area contributed by atoms with Crippen LogP contribution >= 0.6 is 0 Å². The van der Waals surface area contributed by atoms with E-state index in [1.165, 1.54) is 6.42 Å². The zero-order chi connectivity index (χ0) is 18.5. The van der Waals surface area contributed by atoms with Crippen molar-refractivity contribution in [2.24, 2.45) is 28.6 Å². The van der Waals surface area contributed by atoms with E-state index in [1.807, 2.05) is 20.8 Å². The Labute approximate surface area is 146 Å². The topological polar surface area (TPSA) is 52.6 Å². The molecule has 0 aromatic rings. The molecule has 0 N–H and O–H groups in total. The average Bonchev–Trinajstić information content (AvgIpc) is 2.77. The normalized spacial score (nSPS) is 33.8. The summed E-state index contributed by atoms with van der Waals surface area (Å²) >= 11 is 0. The maximum absolute atomic E-state index is 12.6. The summed E-state index contributed by atoms with van der Waals surface area (Å²) in [6, 6.07) is 0. The molecule has 5 atom stereocenters. The van der Waals surface area contributed by atoms with Crippen molar-refractivity contribution in [1.82, 2.24) is 0 Å². The van der Waals surface area contributed by atoms with Crippen LogP contribution in [0.4, 0.5) is 0 Å². The molecule has 0 aliphatic heterocycles. The predicted octanol–water partition coefficient (Wildman–Crippen LogP) is 4.36. The molecule has 24 heavy (non-hydrogen) atoms. The molecule has 2 rings (SSSR count). The van der Waals surface area contributed by atoms with Crippen molar-refractivity contribution < 1.29 is 19.1 Å². The van der Waals surface area contributed by atoms with Crippen LogP contribution in [0.25, 0.3) is 0 Å². The number of fused-ring (bicyclic) bond motifs is 2. The maximum atomic E-state index is 12.6. The number of carbonyl (C=O) groups excluding carboxylic acids is 2. The Morgan fingerprint density at radius 2 is 1.58 bits per heavy atom. The molecule has 0 aromatic heterocycles. The lowest BCUT2D eigenvalue weighted by molar-refractivity contribution is -0.172. The number of hydrogen-bond donors (Lipinski definition) is 0. The molecule has 4 nitrogen and oxygen atoms in total. The standard InChI is InChI=1S/C20H34O4/c1-12(13(2)17(22)24-18(3,4)5)16(21)23-15-11-14-9-10-20(15,8)19(14,6)7/h12-15H,9-11H2,1-8H3. The van der Waals surface area contributed by atoms with Gasteiger partial charge in [0, 0.05) is 5.41 Å². The Morgan fingerprint density at radius 3 is 2.00 bits per heavy atom. The Balaban J connectivity index is 1.99. The highest BCUT2D eigenvalue weighted by atomic mass is 16.6. The van der Waals surface area contributed by atoms with Gasteiger partial charge < -0.3 is 9.47 Å². The van der Waals surface area contributed by atoms with Gasteiger partial charge in [0.15, 0.2) is 0 Å². The first-order valence-electron chi connectivity index (χ1n) is 9.23. The van der Waals surface area contributed by atoms with E-state index < -0.39 is 17.4 Å². The average molecular weight is 338 g/mol. The number of hydrogen-bond acceptors (Lipinski definition) is 4. The number of rotatable bonds is 4. The predicted molar refractivity (Wildman–Crippen MR) is 93.3 cm³/mol. The summed E-state index contributed by atoms with van der Waals surface area (Å²) in [5, 5.41) is 0. The fourth-order valence-electron chi connectivity index (χ4n) is 4.36. The highest BCUT2D eigenvalue weighted by Crippen LogP contribution is 2.66. The maximum Gasteiger partial charge on any atom is 0.310 e. The smallest absolute Gasteiger partial charge is 0.310 e. The van der Waals surface area contributed by atoms with Crippen LogP contribution in [0.1, 0.15) is 74.7 Å². The molecule has 2 fully saturated rings. The molecule has 2 aliphatic carbocycles. The van der Waals surface area contributed by atoms with E-state index in [-0.39, 0.29) is 28.9 Å². The van der Waals surface area contributed by atoms with Gasteiger partial charge in [0.25, 0.3) is 0 Å². The minimum absolute atomic E-state index is 0.0352. The second-order valence-corrected chi connectivity index (χ2v) is 9.65. The highest BCUT2D eigenvalue weighted by molar-refractivity contribution is 5.81. The fraction of sp³-hybridized carbons (Fsp3) is 0.900. The van der Waals surface area contributed by atoms with Crippen molar-refractivity contribution in [3.8, 4) is 0 Å². The van der Waals surface area contributed by atoms with E-state index >= 15 is 0 Å². The molecular weight excluding hydrogens is 304 g/mol. The highest BCUT2D eigenvalue weighted by Gasteiger charge is 2.63. The SMILES string of the molecule is CC(C(=O)OC1CC2CCC1(C)C2(C)C)C(C)C(=O)OC(C)(C)C. The summed E-state index contributed by atoms with van der Waals surface area (Å²) in [6.07, 6.45) is 3.25. The van der Waals surface area contributed by atoms with Crippen LogP contribution in [-0.4, -0.2) is 23.6 Å². The van der Waals surface area contributed by atoms with Gasteiger partial charge in [-0.25, -0.2) is 0 Å². The summed E-state index contributed by atoms with van der Waals surface area (Å²) in [5.74, 6) is -0.991. The van der Waals surface area contributed by atoms with Crippen LogP contribution in [0, 0.1) is 28.6 Å². The van der Waals surface area contributed by atoms with Crippen LogP contribution in [0.3, 0.4) is 0 Å². The molecule has 2 saturated carbocycles. The molecule has 0 heterocycles. The van der Waals surface area contributed by atoms with E-state index in [0.29, 0.717) is 5.92 Å². The van der Waals surface area contributed by atoms with Crippen LogP contribution in [0.15, 0.2) is 0 Å². The van der Waals surface area contributed by atoms with E-state index in [2.05, 4.69) is 20.8 Å². The van der Waals surface area contributed by atoms with Gasteiger partial charge in [-0.05, 0) is 51.4 Å². The van der Waals surface area contributed by atoms with E-state index in [0.717, 1.165) is 12.8 Å². The number of esters is 2. The van der Waals surface area contributed by atoms with Gasteiger partial charge in [-0.1, -0.05) is 34.6 Å². The van der Waals surface area contributed by atoms with Gasteiger partial charge >= 0.3 is 11.9 Å². The van der Waals surface area contributed by atoms with Gasteiger partial charge in [0.1, 0.15) is 11.7 Å². The molecule has 0 aromatic carbocycles. The summed E-state index contributed by atoms with van der Waals surface area (Å²) in [6.45, 7) is 15.8. The van der Waals surface area contributed by atoms with Crippen LogP contribution in [0.2, 0.25) is 0 Å². The van der Waals surface area contributed by atoms with Crippen molar-refractivity contribution >= 4 is 11.9 Å². The first kappa shape index (κ1) is 19.3. The first-order valence-corrected chi connectivity index (χ1v) is 9.23. The molecule has 0 saturated heterocycles. The van der Waals surface area contributed by atoms with E-state index in [9.17, 15) is 9.59 Å². The molecule has 5 unspecified atom stereocenters. The lowest BCUT2D eigenvalue weighted by Gasteiger charge is -2.39. The largest absolute Gasteiger partial charge is 0.462 e. The summed E-state index contributed by atoms with van der Waals surface area (Å²) in [5.41, 5.74) is -0.294. The Hall–Kier alpha value is -1.06. The molecule has 4 heteroatoms. The molecule has 2 aliphatic rings. The minimum Gasteiger partial charge on any atom is -0.462 e. The molecule has 0 spiro atoms. The van der Waals surface area contributed by atoms with Gasteiger partial charge in [0.05, 0.1) is 11.8 Å². The summed E-state index contributed by atoms with van der Waals surface area (Å²) in [7, 11) is 0. The summed E-state index contributed by atoms with van der Waals surface area (Å²) < 4.78 is 11.3. The Bertz CT molecular complexity index is 516. The quantitative estimate of drug-likeness (QED) is 0.715. The van der Waals surface area contributed by atoms with Crippen molar-refractivity contribution in [1.29, 1.82) is 0 Å². The van der Waals surface area contributed by atoms with Crippen LogP contribution in [0.5, 0.6) is 0 Å². The number of ether oxygens (including phenoxy) is 2. The van der Waals surface area contributed by atoms with Gasteiger partial charge in [-0.2, -0.15) is 0 Å². The second-order valence-electron chi connectivity index (χ2n) is 9.65. The van der Waals surface area contributed by atoms with Crippen molar-refractivity contribution in [3.05, 3.63) is 0 Å². The third-order valence-corrected chi connectivity index (χ3v) is 6.87. The van der Waals surface area contributed by atoms with Crippen molar-refractivity contribution in [2.75, 3.05) is 0 Å². The van der Waals surface area contributed by atoms with Gasteiger partial charge in [-0.15, -0.1) is 0 Å². The minimum atomic E-state index is -0.545. The monoisotopic (exact) mass is 338 g/mol. The van der Waals surface area contributed by atoms with E-state index in [4.69, 9.17) is 9.47 Å². The first-order chi connectivity index (χ1) is 10.8. The Kier molecular flexibility index (Phi) is 4.84. The van der Waals surface area contributed by atoms with Crippen molar-refractivity contribution in [3.63, 3.8) is 0 Å². The zero-order valence-electron chi connectivity index (χ0n) is 16.6. The molecule has 138 valence electrons. The zero-order valence-corrected chi connectivity index (χ0v) is 16.6. The van der Waals surface area contributed by atoms with Gasteiger partial charge in [0.2, 0.25) is 0 Å². The molecular formula is C20H34O4. The Morgan fingerprint density at radius 1 is 1.04 bits per heavy atom. The summed E-state index contributed by atoms with van der Waals surface area (Å²) in [4.78, 5) is 24.8. The molecule has 0 amide bonds. The second kappa shape index (κ2) is 6.03. The number of carbonyl (C=O) groups is 2. The lowest BCUT2D eigenvalue weighted by atomic mass is 9.70. The van der Waals surface area contributed by atoms with Gasteiger partial charge in [-0.3, -0.25) is 9.59 Å². The fourth-order valence-corrected chi connectivity index (χ4v) is 4.36. The van der Waals surface area contributed by atoms with Crippen LogP contribution < -0.4 is 0 Å². The van der Waals surface area contributed by atoms with Crippen LogP contribution in [-0.2, 0) is 19.1 Å². The third-order valence-electron chi connectivity index (χ3n) is 6.87. The molecule has 0 radical (unpaired) electrons. The lowest BCUT2D eigenvalue weighted by Crippen LogP contribution is -2.40. The van der Waals surface area contributed by atoms with Crippen molar-refractivity contribution in [2.45, 2.75) is 86.4 Å².